The molecule has 0 N–H and O–H groups in total. The van der Waals surface area contributed by atoms with Crippen LogP contribution in [-0.4, -0.2) is 41.9 Å². The Bertz CT molecular complexity index is 1020. The first-order valence-corrected chi connectivity index (χ1v) is 9.86. The van der Waals surface area contributed by atoms with Gasteiger partial charge in [0.25, 0.3) is 0 Å². The Kier molecular flexibility index (Phi) is 5.33. The number of carbonyl (C=O) groups is 1. The summed E-state index contributed by atoms with van der Waals surface area (Å²) in [6, 6.07) is 5.70. The largest absolute Gasteiger partial charge is 0.471 e. The zero-order valence-electron chi connectivity index (χ0n) is 17.1. The molecule has 0 bridgehead atoms. The number of nitrogens with zero attached hydrogens (tertiary/aromatic N) is 6. The number of hydrogen-bond donors (Lipinski definition) is 0. The average Bonchev–Trinajstić information content (AvgIpc) is 3.27. The highest BCUT2D eigenvalue weighted by Gasteiger charge is 2.26. The molecule has 0 spiro atoms. The van der Waals surface area contributed by atoms with Gasteiger partial charge in [0.15, 0.2) is 0 Å². The Morgan fingerprint density at radius 3 is 2.90 bits per heavy atom. The van der Waals surface area contributed by atoms with E-state index in [2.05, 4.69) is 15.2 Å². The monoisotopic (exact) mass is 394 g/mol. The maximum absolute atomic E-state index is 12.7. The summed E-state index contributed by atoms with van der Waals surface area (Å²) < 4.78 is 9.58. The van der Waals surface area contributed by atoms with Gasteiger partial charge in [0.05, 0.1) is 6.20 Å². The normalized spacial score (nSPS) is 13.4. The highest BCUT2D eigenvalue weighted by Crippen LogP contribution is 2.24. The minimum atomic E-state index is 0.139. The van der Waals surface area contributed by atoms with Gasteiger partial charge < -0.3 is 9.64 Å². The zero-order chi connectivity index (χ0) is 20.4. The smallest absolute Gasteiger partial charge is 0.224 e. The molecule has 3 aromatic heterocycles. The van der Waals surface area contributed by atoms with E-state index in [4.69, 9.17) is 4.74 Å². The average molecular weight is 394 g/mol. The molecule has 0 atom stereocenters. The van der Waals surface area contributed by atoms with E-state index in [-0.39, 0.29) is 5.91 Å². The van der Waals surface area contributed by atoms with Crippen LogP contribution in [0.2, 0.25) is 0 Å². The molecule has 0 radical (unpaired) electrons. The molecule has 1 aliphatic rings. The predicted molar refractivity (Wildman–Crippen MR) is 107 cm³/mol. The Morgan fingerprint density at radius 2 is 2.14 bits per heavy atom. The molecule has 1 aliphatic heterocycles. The molecule has 4 rings (SSSR count). The molecule has 0 fully saturated rings. The van der Waals surface area contributed by atoms with Gasteiger partial charge in [0.2, 0.25) is 11.8 Å². The Hall–Kier alpha value is -3.16. The molecular weight excluding hydrogens is 368 g/mol. The van der Waals surface area contributed by atoms with Crippen LogP contribution in [-0.2, 0) is 38.0 Å². The van der Waals surface area contributed by atoms with Gasteiger partial charge in [-0.3, -0.25) is 14.2 Å². The van der Waals surface area contributed by atoms with E-state index < -0.39 is 0 Å². The van der Waals surface area contributed by atoms with E-state index in [0.29, 0.717) is 38.5 Å². The summed E-state index contributed by atoms with van der Waals surface area (Å²) in [6.07, 6.45) is 5.00. The van der Waals surface area contributed by atoms with Crippen LogP contribution >= 0.6 is 0 Å². The van der Waals surface area contributed by atoms with Crippen molar-refractivity contribution in [3.63, 3.8) is 0 Å². The van der Waals surface area contributed by atoms with Crippen LogP contribution in [0.5, 0.6) is 5.88 Å². The molecule has 0 saturated heterocycles. The van der Waals surface area contributed by atoms with E-state index in [1.807, 2.05) is 65.8 Å². The van der Waals surface area contributed by atoms with E-state index in [0.717, 1.165) is 28.9 Å². The van der Waals surface area contributed by atoms with Gasteiger partial charge in [-0.1, -0.05) is 6.07 Å². The lowest BCUT2D eigenvalue weighted by atomic mass is 10.0. The molecule has 4 heterocycles. The Balaban J connectivity index is 1.41. The molecule has 8 nitrogen and oxygen atoms in total. The fourth-order valence-corrected chi connectivity index (χ4v) is 3.70. The van der Waals surface area contributed by atoms with E-state index in [1.165, 1.54) is 5.69 Å². The van der Waals surface area contributed by atoms with E-state index in [9.17, 15) is 4.79 Å². The van der Waals surface area contributed by atoms with Crippen molar-refractivity contribution in [3.8, 4) is 5.88 Å². The summed E-state index contributed by atoms with van der Waals surface area (Å²) in [6.45, 7) is 6.15. The number of amides is 1. The first-order chi connectivity index (χ1) is 14.0. The number of ether oxygens (including phenoxy) is 1. The summed E-state index contributed by atoms with van der Waals surface area (Å²) in [4.78, 5) is 19.0. The van der Waals surface area contributed by atoms with Crippen LogP contribution in [0.1, 0.15) is 34.6 Å². The fraction of sp³-hybridized carbons (Fsp3) is 0.429. The third-order valence-corrected chi connectivity index (χ3v) is 5.21. The second-order valence-electron chi connectivity index (χ2n) is 7.50. The standard InChI is InChI=1S/C21H26N6O2/c1-15-11-22-27(12-15)10-8-21(28)26-9-7-19-17(13-26)18(24-25(19)3)14-29-20-6-4-5-16(2)23-20/h4-6,11-12H,7-10,13-14H2,1-3H3. The van der Waals surface area contributed by atoms with Gasteiger partial charge in [0.1, 0.15) is 12.3 Å². The molecular formula is C21H26N6O2. The second kappa shape index (κ2) is 8.06. The highest BCUT2D eigenvalue weighted by molar-refractivity contribution is 5.76. The van der Waals surface area contributed by atoms with Gasteiger partial charge in [-0.05, 0) is 25.5 Å². The first-order valence-electron chi connectivity index (χ1n) is 9.86. The lowest BCUT2D eigenvalue weighted by Gasteiger charge is -2.28. The number of hydrogen-bond acceptors (Lipinski definition) is 5. The lowest BCUT2D eigenvalue weighted by Crippen LogP contribution is -2.37. The fourth-order valence-electron chi connectivity index (χ4n) is 3.70. The van der Waals surface area contributed by atoms with Crippen molar-refractivity contribution in [3.05, 3.63) is 58.8 Å². The van der Waals surface area contributed by atoms with Crippen molar-refractivity contribution in [2.75, 3.05) is 6.54 Å². The summed E-state index contributed by atoms with van der Waals surface area (Å²) in [5, 5.41) is 8.89. The van der Waals surface area contributed by atoms with Crippen LogP contribution in [0.3, 0.4) is 0 Å². The molecule has 0 unspecified atom stereocenters. The quantitative estimate of drug-likeness (QED) is 0.640. The Labute approximate surface area is 170 Å². The number of fused-ring (bicyclic) bond motifs is 1. The van der Waals surface area contributed by atoms with Crippen molar-refractivity contribution in [1.82, 2.24) is 29.4 Å². The third-order valence-electron chi connectivity index (χ3n) is 5.21. The van der Waals surface area contributed by atoms with Gasteiger partial charge in [-0.25, -0.2) is 4.98 Å². The summed E-state index contributed by atoms with van der Waals surface area (Å²) in [7, 11) is 1.95. The van der Waals surface area contributed by atoms with Gasteiger partial charge in [0, 0.05) is 68.7 Å². The topological polar surface area (TPSA) is 78.1 Å². The molecule has 1 amide bonds. The zero-order valence-corrected chi connectivity index (χ0v) is 17.1. The number of aromatic nitrogens is 5. The SMILES string of the molecule is Cc1cnn(CCC(=O)N2CCc3c(c(COc4cccc(C)n4)nn3C)C2)c1. The van der Waals surface area contributed by atoms with Crippen LogP contribution < -0.4 is 4.74 Å². The van der Waals surface area contributed by atoms with Crippen LogP contribution in [0.15, 0.2) is 30.6 Å². The third kappa shape index (κ3) is 4.31. The van der Waals surface area contributed by atoms with Crippen molar-refractivity contribution in [1.29, 1.82) is 0 Å². The molecule has 0 aliphatic carbocycles. The summed E-state index contributed by atoms with van der Waals surface area (Å²) in [5.41, 5.74) is 5.14. The van der Waals surface area contributed by atoms with Crippen molar-refractivity contribution in [2.24, 2.45) is 7.05 Å². The maximum atomic E-state index is 12.7. The highest BCUT2D eigenvalue weighted by atomic mass is 16.5. The molecule has 152 valence electrons. The summed E-state index contributed by atoms with van der Waals surface area (Å²) in [5.74, 6) is 0.725. The minimum absolute atomic E-state index is 0.139. The number of pyridine rings is 1. The molecule has 3 aromatic rings. The maximum Gasteiger partial charge on any atom is 0.224 e. The molecule has 8 heteroatoms. The van der Waals surface area contributed by atoms with Crippen LogP contribution in [0, 0.1) is 13.8 Å². The molecule has 29 heavy (non-hydrogen) atoms. The van der Waals surface area contributed by atoms with Gasteiger partial charge in [-0.2, -0.15) is 10.2 Å². The van der Waals surface area contributed by atoms with Crippen LogP contribution in [0.4, 0.5) is 0 Å². The predicted octanol–water partition coefficient (Wildman–Crippen LogP) is 2.18. The Morgan fingerprint density at radius 1 is 1.28 bits per heavy atom. The number of rotatable bonds is 6. The van der Waals surface area contributed by atoms with Gasteiger partial charge >= 0.3 is 0 Å². The number of aryl methyl sites for hydroxylation is 4. The second-order valence-corrected chi connectivity index (χ2v) is 7.50. The first kappa shape index (κ1) is 19.2. The van der Waals surface area contributed by atoms with Crippen LogP contribution in [0.25, 0.3) is 0 Å². The molecule has 0 saturated carbocycles. The van der Waals surface area contributed by atoms with Crippen molar-refractivity contribution in [2.45, 2.75) is 46.4 Å². The van der Waals surface area contributed by atoms with E-state index >= 15 is 0 Å². The summed E-state index contributed by atoms with van der Waals surface area (Å²) >= 11 is 0. The number of carbonyl (C=O) groups excluding carboxylic acids is 1. The van der Waals surface area contributed by atoms with Crippen molar-refractivity contribution >= 4 is 5.91 Å². The van der Waals surface area contributed by atoms with Crippen molar-refractivity contribution < 1.29 is 9.53 Å². The van der Waals surface area contributed by atoms with E-state index in [1.54, 1.807) is 0 Å². The van der Waals surface area contributed by atoms with Gasteiger partial charge in [-0.15, -0.1) is 0 Å². The molecule has 0 aromatic carbocycles. The minimum Gasteiger partial charge on any atom is -0.471 e. The lowest BCUT2D eigenvalue weighted by molar-refractivity contribution is -0.132.